The van der Waals surface area contributed by atoms with Gasteiger partial charge in [-0.3, -0.25) is 9.59 Å². The van der Waals surface area contributed by atoms with Gasteiger partial charge in [-0.15, -0.1) is 0 Å². The molecule has 0 saturated carbocycles. The zero-order chi connectivity index (χ0) is 21.3. The van der Waals surface area contributed by atoms with Gasteiger partial charge in [-0.05, 0) is 35.7 Å². The van der Waals surface area contributed by atoms with Crippen LogP contribution in [-0.4, -0.2) is 23.3 Å². The lowest BCUT2D eigenvalue weighted by Gasteiger charge is -2.31. The number of amides is 2. The molecule has 1 N–H and O–H groups in total. The third-order valence-electron chi connectivity index (χ3n) is 4.81. The summed E-state index contributed by atoms with van der Waals surface area (Å²) in [5.74, 6) is -0.310. The summed E-state index contributed by atoms with van der Waals surface area (Å²) in [5, 5.41) is 3.51. The van der Waals surface area contributed by atoms with E-state index in [1.807, 2.05) is 79.7 Å². The van der Waals surface area contributed by atoms with Gasteiger partial charge in [0.25, 0.3) is 0 Å². The Bertz CT molecular complexity index is 959. The molecule has 3 rings (SSSR count). The van der Waals surface area contributed by atoms with Gasteiger partial charge in [-0.1, -0.05) is 84.4 Å². The topological polar surface area (TPSA) is 49.4 Å². The highest BCUT2D eigenvalue weighted by atomic mass is 35.5. The zero-order valence-corrected chi connectivity index (χ0v) is 17.7. The van der Waals surface area contributed by atoms with Crippen LogP contribution in [0.5, 0.6) is 0 Å². The first-order valence-corrected chi connectivity index (χ1v) is 10.4. The summed E-state index contributed by atoms with van der Waals surface area (Å²) >= 11 is 6.02. The van der Waals surface area contributed by atoms with Gasteiger partial charge < -0.3 is 10.2 Å². The highest BCUT2D eigenvalue weighted by Gasteiger charge is 2.31. The zero-order valence-electron chi connectivity index (χ0n) is 16.9. The highest BCUT2D eigenvalue weighted by Crippen LogP contribution is 2.25. The molecule has 0 aliphatic rings. The van der Waals surface area contributed by atoms with Crippen molar-refractivity contribution >= 4 is 23.4 Å². The maximum Gasteiger partial charge on any atom is 0.247 e. The minimum atomic E-state index is -0.724. The fourth-order valence-corrected chi connectivity index (χ4v) is 3.49. The Morgan fingerprint density at radius 2 is 1.47 bits per heavy atom. The molecule has 0 aliphatic carbocycles. The van der Waals surface area contributed by atoms with Crippen LogP contribution in [0.2, 0.25) is 5.02 Å². The van der Waals surface area contributed by atoms with Gasteiger partial charge in [0.15, 0.2) is 0 Å². The van der Waals surface area contributed by atoms with Crippen LogP contribution < -0.4 is 5.32 Å². The second-order valence-corrected chi connectivity index (χ2v) is 7.45. The Labute approximate surface area is 182 Å². The molecule has 0 radical (unpaired) electrons. The van der Waals surface area contributed by atoms with E-state index in [-0.39, 0.29) is 18.2 Å². The number of nitrogens with zero attached hydrogens (tertiary/aromatic N) is 1. The molecule has 0 saturated heterocycles. The van der Waals surface area contributed by atoms with Crippen LogP contribution in [0.3, 0.4) is 0 Å². The third-order valence-corrected chi connectivity index (χ3v) is 5.06. The lowest BCUT2D eigenvalue weighted by Crippen LogP contribution is -2.44. The normalized spacial score (nSPS) is 11.5. The Balaban J connectivity index is 1.98. The molecule has 5 heteroatoms. The molecule has 3 aromatic carbocycles. The predicted molar refractivity (Wildman–Crippen MR) is 120 cm³/mol. The number of rotatable bonds is 8. The van der Waals surface area contributed by atoms with Crippen molar-refractivity contribution in [2.24, 2.45) is 0 Å². The van der Waals surface area contributed by atoms with Crippen molar-refractivity contribution in [1.82, 2.24) is 10.2 Å². The molecule has 30 heavy (non-hydrogen) atoms. The molecule has 0 fully saturated rings. The second-order valence-electron chi connectivity index (χ2n) is 7.02. The molecule has 0 heterocycles. The smallest absolute Gasteiger partial charge is 0.247 e. The number of halogens is 1. The van der Waals surface area contributed by atoms with Crippen LogP contribution in [0.4, 0.5) is 0 Å². The van der Waals surface area contributed by atoms with Gasteiger partial charge in [-0.25, -0.2) is 0 Å². The summed E-state index contributed by atoms with van der Waals surface area (Å²) in [6.45, 7) is 2.67. The Kier molecular flexibility index (Phi) is 7.63. The number of carbonyl (C=O) groups is 2. The van der Waals surface area contributed by atoms with Crippen LogP contribution in [-0.2, 0) is 22.6 Å². The van der Waals surface area contributed by atoms with Crippen molar-refractivity contribution in [3.8, 4) is 0 Å². The van der Waals surface area contributed by atoms with Gasteiger partial charge in [0.05, 0.1) is 6.42 Å². The molecule has 2 amide bonds. The number of carbonyl (C=O) groups excluding carboxylic acids is 2. The minimum Gasteiger partial charge on any atom is -0.354 e. The summed E-state index contributed by atoms with van der Waals surface area (Å²) in [6.07, 6.45) is 0.219. The fraction of sp³-hybridized carbons (Fsp3) is 0.200. The van der Waals surface area contributed by atoms with Gasteiger partial charge in [-0.2, -0.15) is 0 Å². The van der Waals surface area contributed by atoms with E-state index in [0.717, 1.165) is 16.7 Å². The van der Waals surface area contributed by atoms with Crippen LogP contribution in [0.15, 0.2) is 84.9 Å². The van der Waals surface area contributed by atoms with Gasteiger partial charge in [0, 0.05) is 18.1 Å². The van der Waals surface area contributed by atoms with Crippen molar-refractivity contribution in [3.63, 3.8) is 0 Å². The predicted octanol–water partition coefficient (Wildman–Crippen LogP) is 4.79. The second kappa shape index (κ2) is 10.6. The molecule has 1 atom stereocenters. The number of hydrogen-bond acceptors (Lipinski definition) is 2. The van der Waals surface area contributed by atoms with Crippen LogP contribution in [0.1, 0.15) is 29.7 Å². The molecule has 0 bridgehead atoms. The molecule has 0 spiro atoms. The number of hydrogen-bond donors (Lipinski definition) is 1. The molecule has 0 aliphatic heterocycles. The van der Waals surface area contributed by atoms with E-state index in [1.165, 1.54) is 0 Å². The Hall–Kier alpha value is -3.11. The first kappa shape index (κ1) is 21.6. The van der Waals surface area contributed by atoms with E-state index >= 15 is 0 Å². The van der Waals surface area contributed by atoms with Crippen LogP contribution >= 0.6 is 11.6 Å². The molecule has 3 aromatic rings. The van der Waals surface area contributed by atoms with E-state index in [2.05, 4.69) is 5.32 Å². The summed E-state index contributed by atoms with van der Waals surface area (Å²) in [5.41, 5.74) is 2.59. The lowest BCUT2D eigenvalue weighted by atomic mass is 10.0. The van der Waals surface area contributed by atoms with Crippen LogP contribution in [0, 0.1) is 0 Å². The SMILES string of the molecule is CCNC(=O)C(c1ccccc1)N(Cc1ccc(Cl)cc1)C(=O)Cc1ccccc1. The molecule has 1 unspecified atom stereocenters. The van der Waals surface area contributed by atoms with Crippen molar-refractivity contribution in [1.29, 1.82) is 0 Å². The molecule has 154 valence electrons. The van der Waals surface area contributed by atoms with E-state index < -0.39 is 6.04 Å². The molecular formula is C25H25ClN2O2. The maximum atomic E-state index is 13.4. The number of likely N-dealkylation sites (N-methyl/N-ethyl adjacent to an activating group) is 1. The first-order chi connectivity index (χ1) is 14.6. The molecule has 4 nitrogen and oxygen atoms in total. The Morgan fingerprint density at radius 3 is 2.07 bits per heavy atom. The summed E-state index contributed by atoms with van der Waals surface area (Å²) < 4.78 is 0. The van der Waals surface area contributed by atoms with Crippen molar-refractivity contribution in [3.05, 3.63) is 107 Å². The van der Waals surface area contributed by atoms with Crippen molar-refractivity contribution < 1.29 is 9.59 Å². The third kappa shape index (κ3) is 5.71. The average molecular weight is 421 g/mol. The van der Waals surface area contributed by atoms with E-state index in [0.29, 0.717) is 18.1 Å². The highest BCUT2D eigenvalue weighted by molar-refractivity contribution is 6.30. The summed E-state index contributed by atoms with van der Waals surface area (Å²) in [4.78, 5) is 28.1. The van der Waals surface area contributed by atoms with Crippen molar-refractivity contribution in [2.45, 2.75) is 25.9 Å². The van der Waals surface area contributed by atoms with Gasteiger partial charge in [0.2, 0.25) is 11.8 Å². The maximum absolute atomic E-state index is 13.4. The lowest BCUT2D eigenvalue weighted by molar-refractivity contribution is -0.141. The number of nitrogens with one attached hydrogen (secondary N) is 1. The standard InChI is InChI=1S/C25H25ClN2O2/c1-2-27-25(30)24(21-11-7-4-8-12-21)28(18-20-13-15-22(26)16-14-20)23(29)17-19-9-5-3-6-10-19/h3-16,24H,2,17-18H2,1H3,(H,27,30). The monoisotopic (exact) mass is 420 g/mol. The van der Waals surface area contributed by atoms with E-state index in [4.69, 9.17) is 11.6 Å². The van der Waals surface area contributed by atoms with Gasteiger partial charge >= 0.3 is 0 Å². The average Bonchev–Trinajstić information content (AvgIpc) is 2.76. The van der Waals surface area contributed by atoms with Gasteiger partial charge in [0.1, 0.15) is 6.04 Å². The largest absolute Gasteiger partial charge is 0.354 e. The van der Waals surface area contributed by atoms with Crippen LogP contribution in [0.25, 0.3) is 0 Å². The summed E-state index contributed by atoms with van der Waals surface area (Å²) in [7, 11) is 0. The molecular weight excluding hydrogens is 396 g/mol. The number of benzene rings is 3. The Morgan fingerprint density at radius 1 is 0.867 bits per heavy atom. The quantitative estimate of drug-likeness (QED) is 0.569. The summed E-state index contributed by atoms with van der Waals surface area (Å²) in [6, 6.07) is 25.6. The molecule has 0 aromatic heterocycles. The van der Waals surface area contributed by atoms with Crippen molar-refractivity contribution in [2.75, 3.05) is 6.54 Å². The first-order valence-electron chi connectivity index (χ1n) is 9.99. The fourth-order valence-electron chi connectivity index (χ4n) is 3.36. The van der Waals surface area contributed by atoms with E-state index in [1.54, 1.807) is 17.0 Å². The van der Waals surface area contributed by atoms with E-state index in [9.17, 15) is 9.59 Å². The minimum absolute atomic E-state index is 0.115.